The van der Waals surface area contributed by atoms with Crippen LogP contribution in [0.1, 0.15) is 17.5 Å². The van der Waals surface area contributed by atoms with Crippen molar-refractivity contribution >= 4 is 0 Å². The molecule has 0 radical (unpaired) electrons. The first-order valence-electron chi connectivity index (χ1n) is 7.29. The summed E-state index contributed by atoms with van der Waals surface area (Å²) < 4.78 is 0. The number of rotatable bonds is 2. The number of hydrogen-bond donors (Lipinski definition) is 2. The lowest BCUT2D eigenvalue weighted by Gasteiger charge is -2.23. The van der Waals surface area contributed by atoms with Gasteiger partial charge in [0.1, 0.15) is 12.1 Å². The molecule has 2 N–H and O–H groups in total. The zero-order valence-electron chi connectivity index (χ0n) is 12.5. The summed E-state index contributed by atoms with van der Waals surface area (Å²) in [6.07, 6.45) is 0.439. The van der Waals surface area contributed by atoms with Crippen molar-refractivity contribution in [3.8, 4) is 23.0 Å². The fourth-order valence-corrected chi connectivity index (χ4v) is 2.92. The van der Waals surface area contributed by atoms with Crippen LogP contribution >= 0.6 is 0 Å². The van der Waals surface area contributed by atoms with Gasteiger partial charge >= 0.3 is 0 Å². The molecule has 2 aromatic carbocycles. The highest BCUT2D eigenvalue weighted by Crippen LogP contribution is 2.48. The SMILES string of the molecule is C[NH+](C)CC#CCC1(O)c2ccccc2-c2ccccc21. The Labute approximate surface area is 126 Å². The molecule has 0 saturated heterocycles. The maximum atomic E-state index is 11.3. The van der Waals surface area contributed by atoms with Gasteiger partial charge in [0.2, 0.25) is 0 Å². The molecule has 21 heavy (non-hydrogen) atoms. The number of quaternary nitrogens is 1. The minimum atomic E-state index is -0.984. The Morgan fingerprint density at radius 3 is 1.95 bits per heavy atom. The van der Waals surface area contributed by atoms with E-state index >= 15 is 0 Å². The lowest BCUT2D eigenvalue weighted by molar-refractivity contribution is -0.850. The van der Waals surface area contributed by atoms with Crippen LogP contribution in [-0.2, 0) is 5.60 Å². The second kappa shape index (κ2) is 5.37. The molecule has 106 valence electrons. The largest absolute Gasteiger partial charge is 0.379 e. The molecule has 0 amide bonds. The molecule has 3 rings (SSSR count). The molecular weight excluding hydrogens is 258 g/mol. The van der Waals surface area contributed by atoms with Crippen LogP contribution < -0.4 is 4.90 Å². The van der Waals surface area contributed by atoms with E-state index in [4.69, 9.17) is 0 Å². The topological polar surface area (TPSA) is 24.7 Å². The van der Waals surface area contributed by atoms with E-state index in [1.165, 1.54) is 4.90 Å². The second-order valence-electron chi connectivity index (χ2n) is 5.87. The van der Waals surface area contributed by atoms with Crippen LogP contribution in [0.15, 0.2) is 48.5 Å². The van der Waals surface area contributed by atoms with Crippen molar-refractivity contribution < 1.29 is 10.0 Å². The highest BCUT2D eigenvalue weighted by molar-refractivity contribution is 5.80. The summed E-state index contributed by atoms with van der Waals surface area (Å²) in [7, 11) is 4.15. The first kappa shape index (κ1) is 13.9. The van der Waals surface area contributed by atoms with E-state index < -0.39 is 5.60 Å². The summed E-state index contributed by atoms with van der Waals surface area (Å²) in [6.45, 7) is 0.791. The van der Waals surface area contributed by atoms with E-state index in [0.717, 1.165) is 28.8 Å². The van der Waals surface area contributed by atoms with Gasteiger partial charge in [-0.25, -0.2) is 0 Å². The molecule has 0 bridgehead atoms. The van der Waals surface area contributed by atoms with Gasteiger partial charge < -0.3 is 10.0 Å². The highest BCUT2D eigenvalue weighted by atomic mass is 16.3. The van der Waals surface area contributed by atoms with Crippen molar-refractivity contribution in [3.63, 3.8) is 0 Å². The molecule has 0 aromatic heterocycles. The minimum Gasteiger partial charge on any atom is -0.379 e. The van der Waals surface area contributed by atoms with Crippen LogP contribution in [0.4, 0.5) is 0 Å². The van der Waals surface area contributed by atoms with Gasteiger partial charge in [-0.3, -0.25) is 0 Å². The van der Waals surface area contributed by atoms with Crippen molar-refractivity contribution in [2.75, 3.05) is 20.6 Å². The van der Waals surface area contributed by atoms with Gasteiger partial charge in [0.25, 0.3) is 0 Å². The Morgan fingerprint density at radius 1 is 0.905 bits per heavy atom. The predicted molar refractivity (Wildman–Crippen MR) is 84.9 cm³/mol. The van der Waals surface area contributed by atoms with E-state index in [-0.39, 0.29) is 0 Å². The van der Waals surface area contributed by atoms with Gasteiger partial charge in [-0.1, -0.05) is 54.5 Å². The summed E-state index contributed by atoms with van der Waals surface area (Å²) in [4.78, 5) is 1.29. The third-order valence-corrected chi connectivity index (χ3v) is 3.95. The van der Waals surface area contributed by atoms with Crippen LogP contribution in [-0.4, -0.2) is 25.7 Å². The number of fused-ring (bicyclic) bond motifs is 3. The second-order valence-corrected chi connectivity index (χ2v) is 5.87. The van der Waals surface area contributed by atoms with Crippen molar-refractivity contribution in [3.05, 3.63) is 59.7 Å². The smallest absolute Gasteiger partial charge is 0.138 e. The van der Waals surface area contributed by atoms with Crippen LogP contribution in [0, 0.1) is 11.8 Å². The summed E-state index contributed by atoms with van der Waals surface area (Å²) in [5, 5.41) is 11.3. The van der Waals surface area contributed by atoms with Crippen LogP contribution in [0.2, 0.25) is 0 Å². The third-order valence-electron chi connectivity index (χ3n) is 3.95. The minimum absolute atomic E-state index is 0.439. The summed E-state index contributed by atoms with van der Waals surface area (Å²) in [5.41, 5.74) is 3.20. The van der Waals surface area contributed by atoms with Crippen LogP contribution in [0.5, 0.6) is 0 Å². The lowest BCUT2D eigenvalue weighted by Crippen LogP contribution is -3.05. The zero-order valence-corrected chi connectivity index (χ0v) is 12.5. The molecule has 2 aromatic rings. The van der Waals surface area contributed by atoms with Gasteiger partial charge in [0.05, 0.1) is 14.1 Å². The van der Waals surface area contributed by atoms with Gasteiger partial charge in [-0.05, 0) is 28.2 Å². The Balaban J connectivity index is 2.02. The molecule has 0 heterocycles. The molecule has 0 saturated carbocycles. The summed E-state index contributed by atoms with van der Waals surface area (Å²) >= 11 is 0. The van der Waals surface area contributed by atoms with E-state index in [1.807, 2.05) is 36.4 Å². The molecule has 0 fully saturated rings. The van der Waals surface area contributed by atoms with Crippen molar-refractivity contribution in [2.24, 2.45) is 0 Å². The molecule has 0 unspecified atom stereocenters. The van der Waals surface area contributed by atoms with E-state index in [9.17, 15) is 5.11 Å². The lowest BCUT2D eigenvalue weighted by atomic mass is 9.88. The monoisotopic (exact) mass is 278 g/mol. The summed E-state index contributed by atoms with van der Waals surface area (Å²) in [6, 6.07) is 16.2. The van der Waals surface area contributed by atoms with E-state index in [2.05, 4.69) is 38.1 Å². The van der Waals surface area contributed by atoms with Crippen molar-refractivity contribution in [2.45, 2.75) is 12.0 Å². The number of hydrogen-bond acceptors (Lipinski definition) is 1. The predicted octanol–water partition coefficient (Wildman–Crippen LogP) is 1.44. The van der Waals surface area contributed by atoms with Gasteiger partial charge in [0.15, 0.2) is 0 Å². The zero-order chi connectivity index (χ0) is 14.9. The standard InChI is InChI=1S/C19H19NO/c1-20(2)14-8-7-13-19(21)17-11-5-3-9-15(17)16-10-4-6-12-18(16)19/h3-6,9-12,21H,13-14H2,1-2H3/p+1. The van der Waals surface area contributed by atoms with Crippen molar-refractivity contribution in [1.82, 2.24) is 0 Å². The fraction of sp³-hybridized carbons (Fsp3) is 0.263. The Morgan fingerprint density at radius 2 is 1.43 bits per heavy atom. The Hall–Kier alpha value is -2.08. The average Bonchev–Trinajstić information content (AvgIpc) is 2.75. The van der Waals surface area contributed by atoms with Gasteiger partial charge in [-0.15, -0.1) is 0 Å². The molecule has 0 atom stereocenters. The third kappa shape index (κ3) is 2.35. The molecule has 0 spiro atoms. The molecule has 1 aliphatic rings. The quantitative estimate of drug-likeness (QED) is 0.798. The number of nitrogens with one attached hydrogen (secondary N) is 1. The first-order chi connectivity index (χ1) is 10.1. The van der Waals surface area contributed by atoms with Crippen molar-refractivity contribution in [1.29, 1.82) is 0 Å². The number of benzene rings is 2. The molecule has 1 aliphatic carbocycles. The Bertz CT molecular complexity index is 676. The molecule has 2 heteroatoms. The van der Waals surface area contributed by atoms with Gasteiger partial charge in [0, 0.05) is 6.42 Å². The maximum absolute atomic E-state index is 11.3. The maximum Gasteiger partial charge on any atom is 0.138 e. The summed E-state index contributed by atoms with van der Waals surface area (Å²) in [5.74, 6) is 6.31. The highest BCUT2D eigenvalue weighted by Gasteiger charge is 2.40. The molecule has 2 nitrogen and oxygen atoms in total. The molecular formula is C19H20NO+. The molecule has 0 aliphatic heterocycles. The fourth-order valence-electron chi connectivity index (χ4n) is 2.92. The van der Waals surface area contributed by atoms with Gasteiger partial charge in [-0.2, -0.15) is 0 Å². The van der Waals surface area contributed by atoms with E-state index in [0.29, 0.717) is 6.42 Å². The van der Waals surface area contributed by atoms with Crippen LogP contribution in [0.3, 0.4) is 0 Å². The Kier molecular flexibility index (Phi) is 3.55. The van der Waals surface area contributed by atoms with Crippen LogP contribution in [0.25, 0.3) is 11.1 Å². The number of aliphatic hydroxyl groups is 1. The average molecular weight is 278 g/mol. The normalized spacial score (nSPS) is 14.3. The van der Waals surface area contributed by atoms with E-state index in [1.54, 1.807) is 0 Å². The first-order valence-corrected chi connectivity index (χ1v) is 7.29.